The van der Waals surface area contributed by atoms with Crippen LogP contribution < -0.4 is 5.56 Å². The van der Waals surface area contributed by atoms with Gasteiger partial charge in [-0.05, 0) is 30.5 Å². The molecule has 5 nitrogen and oxygen atoms in total. The molecule has 0 radical (unpaired) electrons. The van der Waals surface area contributed by atoms with Crippen LogP contribution in [0.2, 0.25) is 10.0 Å². The van der Waals surface area contributed by atoms with Crippen LogP contribution in [0.5, 0.6) is 0 Å². The molecule has 0 spiro atoms. The normalized spacial score (nSPS) is 14.8. The molecule has 7 heteroatoms. The molecule has 1 aliphatic rings. The number of rotatable bonds is 5. The number of aliphatic carboxylic acids is 1. The van der Waals surface area contributed by atoms with Crippen LogP contribution >= 0.6 is 23.2 Å². The second-order valence-electron chi connectivity index (χ2n) is 6.12. The topological polar surface area (TPSA) is 83.1 Å². The van der Waals surface area contributed by atoms with Gasteiger partial charge in [0.1, 0.15) is 6.04 Å². The van der Waals surface area contributed by atoms with Gasteiger partial charge in [0.2, 0.25) is 0 Å². The quantitative estimate of drug-likeness (QED) is 0.850. The van der Waals surface area contributed by atoms with E-state index in [1.165, 1.54) is 12.3 Å². The molecule has 1 unspecified atom stereocenters. The van der Waals surface area contributed by atoms with Crippen molar-refractivity contribution in [2.24, 2.45) is 5.92 Å². The van der Waals surface area contributed by atoms with Crippen LogP contribution in [0.25, 0.3) is 11.1 Å². The van der Waals surface area contributed by atoms with Crippen LogP contribution in [-0.2, 0) is 4.79 Å². The Morgan fingerprint density at radius 3 is 2.64 bits per heavy atom. The van der Waals surface area contributed by atoms with Crippen LogP contribution in [0.3, 0.4) is 0 Å². The molecule has 1 heterocycles. The molecule has 128 valence electrons. The predicted molar refractivity (Wildman–Crippen MR) is 94.9 cm³/mol. The van der Waals surface area contributed by atoms with Gasteiger partial charge >= 0.3 is 5.97 Å². The number of hydrogen-bond donors (Lipinski definition) is 1. The van der Waals surface area contributed by atoms with E-state index in [0.717, 1.165) is 17.4 Å². The fourth-order valence-corrected chi connectivity index (χ4v) is 3.25. The summed E-state index contributed by atoms with van der Waals surface area (Å²) in [5.74, 6) is -0.720. The molecular weight excluding hydrogens is 363 g/mol. The molecule has 3 rings (SSSR count). The molecule has 1 aromatic carbocycles. The first kappa shape index (κ1) is 17.5. The van der Waals surface area contributed by atoms with E-state index in [4.69, 9.17) is 23.2 Å². The zero-order chi connectivity index (χ0) is 18.1. The van der Waals surface area contributed by atoms with Crippen molar-refractivity contribution in [3.8, 4) is 17.2 Å². The first-order chi connectivity index (χ1) is 11.9. The van der Waals surface area contributed by atoms with E-state index in [1.54, 1.807) is 18.2 Å². The highest BCUT2D eigenvalue weighted by molar-refractivity contribution is 6.33. The van der Waals surface area contributed by atoms with Crippen molar-refractivity contribution in [1.82, 2.24) is 4.57 Å². The number of halogens is 2. The summed E-state index contributed by atoms with van der Waals surface area (Å²) in [6.07, 6.45) is 3.71. The second kappa shape index (κ2) is 6.91. The largest absolute Gasteiger partial charge is 0.480 e. The highest BCUT2D eigenvalue weighted by atomic mass is 35.5. The molecule has 1 N–H and O–H groups in total. The number of aromatic nitrogens is 1. The van der Waals surface area contributed by atoms with Gasteiger partial charge in [0, 0.05) is 28.4 Å². The van der Waals surface area contributed by atoms with Gasteiger partial charge in [-0.25, -0.2) is 4.79 Å². The van der Waals surface area contributed by atoms with E-state index in [9.17, 15) is 20.0 Å². The third-order valence-corrected chi connectivity index (χ3v) is 4.83. The first-order valence-electron chi connectivity index (χ1n) is 7.75. The van der Waals surface area contributed by atoms with Gasteiger partial charge in [-0.15, -0.1) is 0 Å². The fourth-order valence-electron chi connectivity index (χ4n) is 2.81. The lowest BCUT2D eigenvalue weighted by Gasteiger charge is -2.17. The lowest BCUT2D eigenvalue weighted by Crippen LogP contribution is -2.29. The summed E-state index contributed by atoms with van der Waals surface area (Å²) in [7, 11) is 0. The van der Waals surface area contributed by atoms with E-state index >= 15 is 0 Å². The van der Waals surface area contributed by atoms with Gasteiger partial charge in [0.05, 0.1) is 16.7 Å². The van der Waals surface area contributed by atoms with E-state index in [2.05, 4.69) is 0 Å². The second-order valence-corrected chi connectivity index (χ2v) is 6.96. The van der Waals surface area contributed by atoms with Crippen molar-refractivity contribution in [2.75, 3.05) is 0 Å². The Morgan fingerprint density at radius 1 is 1.32 bits per heavy atom. The van der Waals surface area contributed by atoms with Crippen LogP contribution in [0.4, 0.5) is 0 Å². The predicted octanol–water partition coefficient (Wildman–Crippen LogP) is 4.12. The molecule has 1 fully saturated rings. The Morgan fingerprint density at radius 2 is 2.04 bits per heavy atom. The van der Waals surface area contributed by atoms with Crippen molar-refractivity contribution in [3.63, 3.8) is 0 Å². The fraction of sp³-hybridized carbons (Fsp3) is 0.278. The minimum absolute atomic E-state index is 0.195. The molecule has 0 amide bonds. The lowest BCUT2D eigenvalue weighted by molar-refractivity contribution is -0.141. The molecule has 1 aromatic heterocycles. The summed E-state index contributed by atoms with van der Waals surface area (Å²) in [4.78, 5) is 24.1. The van der Waals surface area contributed by atoms with Gasteiger partial charge in [0.25, 0.3) is 5.56 Å². The highest BCUT2D eigenvalue weighted by Crippen LogP contribution is 2.37. The minimum Gasteiger partial charge on any atom is -0.480 e. The minimum atomic E-state index is -1.06. The van der Waals surface area contributed by atoms with Crippen molar-refractivity contribution in [1.29, 1.82) is 5.26 Å². The van der Waals surface area contributed by atoms with Gasteiger partial charge in [-0.1, -0.05) is 36.0 Å². The van der Waals surface area contributed by atoms with Gasteiger partial charge in [0.15, 0.2) is 0 Å². The summed E-state index contributed by atoms with van der Waals surface area (Å²) in [5, 5.41) is 19.3. The van der Waals surface area contributed by atoms with Crippen molar-refractivity contribution < 1.29 is 9.90 Å². The van der Waals surface area contributed by atoms with Gasteiger partial charge in [-0.3, -0.25) is 9.36 Å². The number of nitrogens with zero attached hydrogens (tertiary/aromatic N) is 2. The van der Waals surface area contributed by atoms with Crippen molar-refractivity contribution in [3.05, 3.63) is 56.4 Å². The summed E-state index contributed by atoms with van der Waals surface area (Å²) in [6.45, 7) is 0. The SMILES string of the molecule is N#Cc1ccc(Cl)cc1-c1cc(=O)n(C(CC2CC2)C(=O)O)cc1Cl. The van der Waals surface area contributed by atoms with E-state index < -0.39 is 17.6 Å². The monoisotopic (exact) mass is 376 g/mol. The van der Waals surface area contributed by atoms with Crippen LogP contribution in [0.1, 0.15) is 30.9 Å². The average Bonchev–Trinajstić information content (AvgIpc) is 3.38. The van der Waals surface area contributed by atoms with E-state index in [0.29, 0.717) is 34.1 Å². The Hall–Kier alpha value is -2.29. The van der Waals surface area contributed by atoms with Crippen LogP contribution in [-0.4, -0.2) is 15.6 Å². The maximum absolute atomic E-state index is 12.5. The number of carboxylic acid groups (broad SMARTS) is 1. The average molecular weight is 377 g/mol. The Kier molecular flexibility index (Phi) is 4.85. The van der Waals surface area contributed by atoms with E-state index in [1.807, 2.05) is 6.07 Å². The number of hydrogen-bond acceptors (Lipinski definition) is 3. The molecule has 0 bridgehead atoms. The van der Waals surface area contributed by atoms with Crippen LogP contribution in [0, 0.1) is 17.2 Å². The highest BCUT2D eigenvalue weighted by Gasteiger charge is 2.31. The smallest absolute Gasteiger partial charge is 0.326 e. The number of carboxylic acids is 1. The molecule has 1 saturated carbocycles. The number of nitriles is 1. The standard InChI is InChI=1S/C18H14Cl2N2O3/c19-12-4-3-11(8-21)13(6-12)14-7-17(23)22(9-15(14)20)16(18(24)25)5-10-1-2-10/h3-4,6-7,9-10,16H,1-2,5H2,(H,24,25). The number of benzene rings is 1. The van der Waals surface area contributed by atoms with Crippen molar-refractivity contribution >= 4 is 29.2 Å². The van der Waals surface area contributed by atoms with Crippen LogP contribution in [0.15, 0.2) is 35.3 Å². The zero-order valence-electron chi connectivity index (χ0n) is 13.1. The molecule has 2 aromatic rings. The molecule has 1 aliphatic carbocycles. The molecular formula is C18H14Cl2N2O3. The third-order valence-electron chi connectivity index (χ3n) is 4.30. The number of pyridine rings is 1. The zero-order valence-corrected chi connectivity index (χ0v) is 14.6. The lowest BCUT2D eigenvalue weighted by atomic mass is 10.0. The summed E-state index contributed by atoms with van der Waals surface area (Å²) < 4.78 is 1.16. The molecule has 0 saturated heterocycles. The Bertz CT molecular complexity index is 942. The molecule has 0 aliphatic heterocycles. The third kappa shape index (κ3) is 3.71. The summed E-state index contributed by atoms with van der Waals surface area (Å²) in [5.41, 5.74) is 0.656. The van der Waals surface area contributed by atoms with Gasteiger partial charge < -0.3 is 5.11 Å². The molecule has 25 heavy (non-hydrogen) atoms. The first-order valence-corrected chi connectivity index (χ1v) is 8.51. The summed E-state index contributed by atoms with van der Waals surface area (Å²) >= 11 is 12.3. The van der Waals surface area contributed by atoms with E-state index in [-0.39, 0.29) is 5.02 Å². The van der Waals surface area contributed by atoms with Crippen molar-refractivity contribution in [2.45, 2.75) is 25.3 Å². The number of carbonyl (C=O) groups is 1. The van der Waals surface area contributed by atoms with Gasteiger partial charge in [-0.2, -0.15) is 5.26 Å². The maximum atomic E-state index is 12.5. The maximum Gasteiger partial charge on any atom is 0.326 e. The Balaban J connectivity index is 2.09. The molecule has 1 atom stereocenters. The summed E-state index contributed by atoms with van der Waals surface area (Å²) in [6, 6.07) is 7.04. The Labute approximate surface area is 154 Å².